The predicted molar refractivity (Wildman–Crippen MR) is 120 cm³/mol. The van der Waals surface area contributed by atoms with Gasteiger partial charge in [0.2, 0.25) is 10.2 Å². The average Bonchev–Trinajstić information content (AvgIpc) is 2.77. The minimum Gasteiger partial charge on any atom is -0.433 e. The third-order valence-electron chi connectivity index (χ3n) is 4.63. The lowest BCUT2D eigenvalue weighted by atomic mass is 10.0. The third kappa shape index (κ3) is 3.25. The topological polar surface area (TPSA) is 118 Å². The molecular formula is C20H11ClN4O4S2. The summed E-state index contributed by atoms with van der Waals surface area (Å²) in [5.74, 6) is 0.0266. The maximum Gasteiger partial charge on any atom is 0.263 e. The molecule has 5 rings (SSSR count). The quantitative estimate of drug-likeness (QED) is 0.228. The Bertz CT molecular complexity index is 1680. The maximum absolute atomic E-state index is 12.8. The first-order valence-corrected chi connectivity index (χ1v) is 11.1. The van der Waals surface area contributed by atoms with Gasteiger partial charge in [-0.3, -0.25) is 9.52 Å². The van der Waals surface area contributed by atoms with Crippen molar-refractivity contribution in [1.82, 2.24) is 15.0 Å². The number of H-pyrrole nitrogens is 1. The van der Waals surface area contributed by atoms with E-state index in [4.69, 9.17) is 28.2 Å². The lowest BCUT2D eigenvalue weighted by Gasteiger charge is -2.13. The molecule has 1 aliphatic heterocycles. The van der Waals surface area contributed by atoms with Crippen molar-refractivity contribution in [3.05, 3.63) is 74.6 Å². The molecule has 2 aliphatic rings. The van der Waals surface area contributed by atoms with Gasteiger partial charge in [0.15, 0.2) is 17.1 Å². The molecule has 0 spiro atoms. The van der Waals surface area contributed by atoms with Crippen molar-refractivity contribution in [3.8, 4) is 11.5 Å². The summed E-state index contributed by atoms with van der Waals surface area (Å²) in [5, 5.41) is 0.734. The number of aromatic amines is 1. The van der Waals surface area contributed by atoms with E-state index in [1.807, 2.05) is 0 Å². The van der Waals surface area contributed by atoms with Crippen molar-refractivity contribution in [1.29, 1.82) is 0 Å². The Morgan fingerprint density at radius 3 is 2.42 bits per heavy atom. The van der Waals surface area contributed by atoms with Gasteiger partial charge in [0, 0.05) is 10.8 Å². The van der Waals surface area contributed by atoms with Gasteiger partial charge >= 0.3 is 0 Å². The van der Waals surface area contributed by atoms with Crippen LogP contribution in [0.2, 0.25) is 5.02 Å². The second-order valence-corrected chi connectivity index (χ2v) is 9.02. The van der Waals surface area contributed by atoms with Gasteiger partial charge in [0.05, 0.1) is 4.90 Å². The highest BCUT2D eigenvalue weighted by Crippen LogP contribution is 2.35. The van der Waals surface area contributed by atoms with Crippen LogP contribution in [0.4, 0.5) is 5.82 Å². The molecule has 1 aromatic heterocycles. The van der Waals surface area contributed by atoms with Crippen molar-refractivity contribution in [3.63, 3.8) is 0 Å². The van der Waals surface area contributed by atoms with Crippen LogP contribution < -0.4 is 10.2 Å². The third-order valence-corrected chi connectivity index (χ3v) is 6.53. The zero-order valence-corrected chi connectivity index (χ0v) is 17.8. The zero-order chi connectivity index (χ0) is 21.8. The van der Waals surface area contributed by atoms with Crippen LogP contribution in [-0.4, -0.2) is 23.4 Å². The number of rotatable bonds is 3. The minimum atomic E-state index is -3.95. The molecule has 0 saturated heterocycles. The molecule has 31 heavy (non-hydrogen) atoms. The van der Waals surface area contributed by atoms with E-state index in [0.29, 0.717) is 16.5 Å². The Kier molecular flexibility index (Phi) is 4.50. The predicted octanol–water partition coefficient (Wildman–Crippen LogP) is 4.35. The van der Waals surface area contributed by atoms with E-state index >= 15 is 0 Å². The summed E-state index contributed by atoms with van der Waals surface area (Å²) in [6, 6.07) is 14.6. The fourth-order valence-electron chi connectivity index (χ4n) is 3.24. The van der Waals surface area contributed by atoms with Gasteiger partial charge in [0.25, 0.3) is 15.7 Å². The van der Waals surface area contributed by atoms with E-state index in [-0.39, 0.29) is 37.5 Å². The van der Waals surface area contributed by atoms with Crippen LogP contribution in [0.25, 0.3) is 33.5 Å². The van der Waals surface area contributed by atoms with E-state index < -0.39 is 15.5 Å². The molecule has 0 saturated carbocycles. The first-order valence-electron chi connectivity index (χ1n) is 8.88. The highest BCUT2D eigenvalue weighted by molar-refractivity contribution is 7.92. The molecule has 154 valence electrons. The van der Waals surface area contributed by atoms with Crippen molar-refractivity contribution in [2.24, 2.45) is 0 Å². The summed E-state index contributed by atoms with van der Waals surface area (Å²) in [6.45, 7) is 0. The fraction of sp³-hybridized carbons (Fsp3) is 0. The highest BCUT2D eigenvalue weighted by atomic mass is 35.5. The van der Waals surface area contributed by atoms with Crippen molar-refractivity contribution in [2.45, 2.75) is 4.90 Å². The largest absolute Gasteiger partial charge is 0.433 e. The van der Waals surface area contributed by atoms with Gasteiger partial charge in [-0.1, -0.05) is 54.1 Å². The number of nitrogens with one attached hydrogen (secondary N) is 2. The normalized spacial score (nSPS) is 11.9. The van der Waals surface area contributed by atoms with Gasteiger partial charge in [-0.05, 0) is 24.4 Å². The molecule has 0 amide bonds. The Morgan fingerprint density at radius 2 is 1.68 bits per heavy atom. The van der Waals surface area contributed by atoms with Crippen molar-refractivity contribution >= 4 is 61.7 Å². The smallest absolute Gasteiger partial charge is 0.263 e. The van der Waals surface area contributed by atoms with Crippen molar-refractivity contribution < 1.29 is 12.8 Å². The number of nitrogens with zero attached hydrogens (tertiary/aromatic N) is 2. The van der Waals surface area contributed by atoms with E-state index in [2.05, 4.69) is 19.7 Å². The molecule has 0 bridgehead atoms. The zero-order valence-electron chi connectivity index (χ0n) is 15.4. The van der Waals surface area contributed by atoms with Gasteiger partial charge in [-0.15, -0.1) is 0 Å². The van der Waals surface area contributed by atoms with Crippen LogP contribution in [0.3, 0.4) is 0 Å². The lowest BCUT2D eigenvalue weighted by molar-refractivity contribution is 0.598. The first-order chi connectivity index (χ1) is 14.8. The number of aromatic nitrogens is 3. The average molecular weight is 471 g/mol. The number of fused-ring (bicyclic) bond motifs is 4. The molecule has 0 unspecified atom stereocenters. The Morgan fingerprint density at radius 1 is 1.00 bits per heavy atom. The summed E-state index contributed by atoms with van der Waals surface area (Å²) in [4.78, 5) is 24.0. The van der Waals surface area contributed by atoms with Gasteiger partial charge in [-0.25, -0.2) is 13.4 Å². The number of anilines is 1. The minimum absolute atomic E-state index is 0.0177. The van der Waals surface area contributed by atoms with Gasteiger partial charge in [0.1, 0.15) is 10.7 Å². The fourth-order valence-corrected chi connectivity index (χ4v) is 4.70. The number of benzene rings is 3. The Balaban J connectivity index is 1.83. The number of halogens is 1. The van der Waals surface area contributed by atoms with Gasteiger partial charge < -0.3 is 9.40 Å². The SMILES string of the molecule is O=c1c(Cl)c2oc3nc(=S)[nH]c(NS(=O)(=O)c4ccccc4)c3nc-2c2ccccc12. The van der Waals surface area contributed by atoms with Crippen LogP contribution in [0.15, 0.2) is 68.7 Å². The first kappa shape index (κ1) is 19.6. The molecule has 8 nitrogen and oxygen atoms in total. The monoisotopic (exact) mass is 470 g/mol. The Labute approximate surface area is 184 Å². The van der Waals surface area contributed by atoms with E-state index in [1.54, 1.807) is 42.5 Å². The summed E-state index contributed by atoms with van der Waals surface area (Å²) >= 11 is 11.4. The van der Waals surface area contributed by atoms with Crippen LogP contribution in [0.1, 0.15) is 0 Å². The molecule has 3 aromatic rings. The molecule has 2 N–H and O–H groups in total. The molecule has 2 aromatic carbocycles. The number of hydrogen-bond donors (Lipinski definition) is 2. The second-order valence-electron chi connectivity index (χ2n) is 6.57. The molecule has 0 radical (unpaired) electrons. The molecule has 0 fully saturated rings. The van der Waals surface area contributed by atoms with Crippen molar-refractivity contribution in [2.75, 3.05) is 4.72 Å². The summed E-state index contributed by atoms with van der Waals surface area (Å²) in [6.07, 6.45) is 0. The van der Waals surface area contributed by atoms with E-state index in [0.717, 1.165) is 0 Å². The number of hydrogen-bond acceptors (Lipinski definition) is 7. The summed E-state index contributed by atoms with van der Waals surface area (Å²) in [5.41, 5.74) is -0.0972. The molecule has 1 aliphatic carbocycles. The van der Waals surface area contributed by atoms with E-state index in [9.17, 15) is 13.2 Å². The molecule has 2 heterocycles. The Hall–Kier alpha value is -3.34. The van der Waals surface area contributed by atoms with Crippen LogP contribution in [0.5, 0.6) is 0 Å². The summed E-state index contributed by atoms with van der Waals surface area (Å²) < 4.78 is 33.8. The molecule has 0 atom stereocenters. The molecular weight excluding hydrogens is 460 g/mol. The second kappa shape index (κ2) is 7.12. The van der Waals surface area contributed by atoms with Gasteiger partial charge in [-0.2, -0.15) is 4.98 Å². The van der Waals surface area contributed by atoms with Crippen LogP contribution in [-0.2, 0) is 10.0 Å². The van der Waals surface area contributed by atoms with E-state index in [1.165, 1.54) is 12.1 Å². The summed E-state index contributed by atoms with van der Waals surface area (Å²) in [7, 11) is -3.95. The maximum atomic E-state index is 12.8. The number of sulfonamides is 1. The molecule has 11 heteroatoms. The van der Waals surface area contributed by atoms with Crippen LogP contribution in [0, 0.1) is 4.77 Å². The highest BCUT2D eigenvalue weighted by Gasteiger charge is 2.24. The standard InChI is InChI=1S/C20H11ClN4O4S2/c21-13-16(26)12-9-5-4-8-11(12)14-17(13)29-19-15(22-14)18(23-20(30)24-19)25-31(27,28)10-6-2-1-3-7-10/h1-9H,(H2,23,24,25,30). The van der Waals surface area contributed by atoms with Crippen LogP contribution >= 0.6 is 23.8 Å². The lowest BCUT2D eigenvalue weighted by Crippen LogP contribution is -2.15.